The van der Waals surface area contributed by atoms with Gasteiger partial charge in [0.2, 0.25) is 0 Å². The van der Waals surface area contributed by atoms with E-state index in [1.165, 1.54) is 27.5 Å². The van der Waals surface area contributed by atoms with Crippen molar-refractivity contribution in [2.75, 3.05) is 0 Å². The Morgan fingerprint density at radius 3 is 2.09 bits per heavy atom. The largest absolute Gasteiger partial charge is 0.309 e. The van der Waals surface area contributed by atoms with Crippen molar-refractivity contribution in [3.05, 3.63) is 77.3 Å². The van der Waals surface area contributed by atoms with Crippen LogP contribution < -0.4 is 0 Å². The van der Waals surface area contributed by atoms with Gasteiger partial charge in [0.15, 0.2) is 0 Å². The highest BCUT2D eigenvalue weighted by atomic mass is 79.9. The molecular formula is C20H18BrN. The van der Waals surface area contributed by atoms with E-state index in [0.717, 1.165) is 4.47 Å². The second-order valence-electron chi connectivity index (χ2n) is 4.82. The summed E-state index contributed by atoms with van der Waals surface area (Å²) < 4.78 is 3.45. The van der Waals surface area contributed by atoms with Gasteiger partial charge in [0.05, 0.1) is 11.0 Å². The van der Waals surface area contributed by atoms with E-state index in [-0.39, 0.29) is 0 Å². The van der Waals surface area contributed by atoms with Crippen LogP contribution in [-0.2, 0) is 0 Å². The molecule has 0 N–H and O–H groups in total. The maximum atomic E-state index is 3.69. The first-order valence-corrected chi connectivity index (χ1v) is 8.38. The lowest BCUT2D eigenvalue weighted by molar-refractivity contribution is 1.18. The third-order valence-electron chi connectivity index (χ3n) is 3.66. The lowest BCUT2D eigenvalue weighted by atomic mass is 10.2. The molecule has 0 bridgehead atoms. The summed E-state index contributed by atoms with van der Waals surface area (Å²) in [5, 5.41) is 2.55. The minimum Gasteiger partial charge on any atom is -0.309 e. The first kappa shape index (κ1) is 14.9. The van der Waals surface area contributed by atoms with E-state index in [9.17, 15) is 0 Å². The molecule has 1 heterocycles. The van der Waals surface area contributed by atoms with Crippen LogP contribution >= 0.6 is 15.9 Å². The van der Waals surface area contributed by atoms with Crippen LogP contribution in [0.2, 0.25) is 0 Å². The van der Waals surface area contributed by atoms with Crippen molar-refractivity contribution in [3.63, 3.8) is 0 Å². The number of para-hydroxylation sites is 2. The van der Waals surface area contributed by atoms with Crippen molar-refractivity contribution in [1.29, 1.82) is 0 Å². The predicted octanol–water partition coefficient (Wildman–Crippen LogP) is 6.57. The molecule has 0 radical (unpaired) electrons. The summed E-state index contributed by atoms with van der Waals surface area (Å²) in [6.45, 7) is 4.00. The highest BCUT2D eigenvalue weighted by Crippen LogP contribution is 2.35. The molecule has 0 saturated carbocycles. The third-order valence-corrected chi connectivity index (χ3v) is 4.32. The Hall–Kier alpha value is -2.06. The minimum atomic E-state index is 1.14. The fourth-order valence-electron chi connectivity index (χ4n) is 2.83. The summed E-state index contributed by atoms with van der Waals surface area (Å²) in [6, 6.07) is 25.4. The Bertz CT molecular complexity index is 907. The van der Waals surface area contributed by atoms with E-state index in [1.54, 1.807) is 0 Å². The van der Waals surface area contributed by atoms with Crippen LogP contribution in [0.4, 0.5) is 0 Å². The number of halogens is 1. The number of nitrogens with zero attached hydrogens (tertiary/aromatic N) is 1. The smallest absolute Gasteiger partial charge is 0.0552 e. The van der Waals surface area contributed by atoms with E-state index in [1.807, 2.05) is 19.9 Å². The van der Waals surface area contributed by atoms with Crippen molar-refractivity contribution >= 4 is 37.7 Å². The Kier molecular flexibility index (Phi) is 4.30. The Labute approximate surface area is 139 Å². The van der Waals surface area contributed by atoms with Gasteiger partial charge < -0.3 is 4.57 Å². The second kappa shape index (κ2) is 6.37. The van der Waals surface area contributed by atoms with Crippen molar-refractivity contribution in [2.24, 2.45) is 0 Å². The van der Waals surface area contributed by atoms with Gasteiger partial charge in [0.1, 0.15) is 0 Å². The molecule has 0 amide bonds. The SMILES string of the molecule is Brc1cccc2c1c1ccccc1n2-c1ccccc1.CC. The average Bonchev–Trinajstić information content (AvgIpc) is 2.93. The molecule has 3 aromatic carbocycles. The minimum absolute atomic E-state index is 1.14. The number of aromatic nitrogens is 1. The second-order valence-corrected chi connectivity index (χ2v) is 5.68. The van der Waals surface area contributed by atoms with Crippen LogP contribution in [0, 0.1) is 0 Å². The molecule has 0 aliphatic heterocycles. The van der Waals surface area contributed by atoms with Crippen LogP contribution in [-0.4, -0.2) is 4.57 Å². The molecule has 4 rings (SSSR count). The van der Waals surface area contributed by atoms with Gasteiger partial charge in [-0.1, -0.05) is 72.2 Å². The molecule has 110 valence electrons. The lowest BCUT2D eigenvalue weighted by Crippen LogP contribution is -1.92. The summed E-state index contributed by atoms with van der Waals surface area (Å²) in [5.74, 6) is 0. The monoisotopic (exact) mass is 351 g/mol. The van der Waals surface area contributed by atoms with Crippen molar-refractivity contribution in [2.45, 2.75) is 13.8 Å². The van der Waals surface area contributed by atoms with Crippen LogP contribution in [0.25, 0.3) is 27.5 Å². The van der Waals surface area contributed by atoms with Crippen molar-refractivity contribution in [1.82, 2.24) is 4.57 Å². The molecule has 0 unspecified atom stereocenters. The first-order valence-electron chi connectivity index (χ1n) is 7.59. The van der Waals surface area contributed by atoms with Crippen molar-refractivity contribution < 1.29 is 0 Å². The predicted molar refractivity (Wildman–Crippen MR) is 99.8 cm³/mol. The van der Waals surface area contributed by atoms with E-state index < -0.39 is 0 Å². The number of rotatable bonds is 1. The van der Waals surface area contributed by atoms with Gasteiger partial charge in [0, 0.05) is 20.9 Å². The molecule has 1 aromatic heterocycles. The molecule has 0 saturated heterocycles. The van der Waals surface area contributed by atoms with Crippen molar-refractivity contribution in [3.8, 4) is 5.69 Å². The number of hydrogen-bond donors (Lipinski definition) is 0. The quantitative estimate of drug-likeness (QED) is 0.365. The van der Waals surface area contributed by atoms with Crippen LogP contribution in [0.5, 0.6) is 0 Å². The Morgan fingerprint density at radius 2 is 1.32 bits per heavy atom. The van der Waals surface area contributed by atoms with E-state index in [4.69, 9.17) is 0 Å². The molecule has 0 aliphatic rings. The van der Waals surface area contributed by atoms with E-state index in [2.05, 4.69) is 87.2 Å². The maximum absolute atomic E-state index is 3.69. The fraction of sp³-hybridized carbons (Fsp3) is 0.100. The molecule has 0 aliphatic carbocycles. The van der Waals surface area contributed by atoms with Crippen LogP contribution in [0.3, 0.4) is 0 Å². The zero-order valence-electron chi connectivity index (χ0n) is 12.8. The molecular weight excluding hydrogens is 334 g/mol. The zero-order chi connectivity index (χ0) is 15.5. The normalized spacial score (nSPS) is 10.5. The first-order chi connectivity index (χ1) is 10.9. The average molecular weight is 352 g/mol. The van der Waals surface area contributed by atoms with E-state index >= 15 is 0 Å². The molecule has 0 fully saturated rings. The van der Waals surface area contributed by atoms with Crippen LogP contribution in [0.1, 0.15) is 13.8 Å². The number of fused-ring (bicyclic) bond motifs is 3. The summed E-state index contributed by atoms with van der Waals surface area (Å²) in [5.41, 5.74) is 3.66. The van der Waals surface area contributed by atoms with Gasteiger partial charge in [-0.15, -0.1) is 0 Å². The topological polar surface area (TPSA) is 4.93 Å². The fourth-order valence-corrected chi connectivity index (χ4v) is 3.40. The van der Waals surface area contributed by atoms with Gasteiger partial charge in [-0.05, 0) is 30.3 Å². The van der Waals surface area contributed by atoms with Gasteiger partial charge >= 0.3 is 0 Å². The van der Waals surface area contributed by atoms with Gasteiger partial charge in [0.25, 0.3) is 0 Å². The molecule has 22 heavy (non-hydrogen) atoms. The molecule has 1 nitrogen and oxygen atoms in total. The molecule has 2 heteroatoms. The Balaban J connectivity index is 0.000000693. The molecule has 0 atom stereocenters. The maximum Gasteiger partial charge on any atom is 0.0552 e. The highest BCUT2D eigenvalue weighted by molar-refractivity contribution is 9.10. The summed E-state index contributed by atoms with van der Waals surface area (Å²) in [6.07, 6.45) is 0. The van der Waals surface area contributed by atoms with E-state index in [0.29, 0.717) is 0 Å². The van der Waals surface area contributed by atoms with Crippen LogP contribution in [0.15, 0.2) is 77.3 Å². The number of benzene rings is 3. The molecule has 0 spiro atoms. The van der Waals surface area contributed by atoms with Gasteiger partial charge in [-0.25, -0.2) is 0 Å². The van der Waals surface area contributed by atoms with Gasteiger partial charge in [-0.3, -0.25) is 0 Å². The highest BCUT2D eigenvalue weighted by Gasteiger charge is 2.13. The summed E-state index contributed by atoms with van der Waals surface area (Å²) >= 11 is 3.69. The summed E-state index contributed by atoms with van der Waals surface area (Å²) in [4.78, 5) is 0. The standard InChI is InChI=1S/C18H12BrN.C2H6/c19-15-10-6-12-17-18(15)14-9-4-5-11-16(14)20(17)13-7-2-1-3-8-13;1-2/h1-12H;1-2H3. The molecule has 4 aromatic rings. The summed E-state index contributed by atoms with van der Waals surface area (Å²) in [7, 11) is 0. The lowest BCUT2D eigenvalue weighted by Gasteiger charge is -2.07. The zero-order valence-corrected chi connectivity index (χ0v) is 14.3. The Morgan fingerprint density at radius 1 is 0.682 bits per heavy atom. The van der Waals surface area contributed by atoms with Gasteiger partial charge in [-0.2, -0.15) is 0 Å². The number of hydrogen-bond acceptors (Lipinski definition) is 0. The third kappa shape index (κ3) is 2.34.